The number of rotatable bonds is 5. The molecule has 2 heterocycles. The third-order valence-electron chi connectivity index (χ3n) is 3.21. The molecule has 1 fully saturated rings. The van der Waals surface area contributed by atoms with E-state index in [-0.39, 0.29) is 18.2 Å². The molecule has 2 rings (SSSR count). The number of nitrogens with one attached hydrogen (secondary N) is 1. The van der Waals surface area contributed by atoms with Gasteiger partial charge in [-0.15, -0.1) is 11.3 Å². The lowest BCUT2D eigenvalue weighted by atomic mass is 9.93. The number of amides is 1. The van der Waals surface area contributed by atoms with E-state index in [2.05, 4.69) is 21.2 Å². The molecule has 1 aromatic rings. The number of carbonyl (C=O) groups excluding carboxylic acids is 1. The monoisotopic (exact) mass is 361 g/mol. The Kier molecular flexibility index (Phi) is 5.56. The molecule has 2 atom stereocenters. The second-order valence-electron chi connectivity index (χ2n) is 4.74. The molecule has 1 aromatic heterocycles. The molecular formula is C13H16BrNO4S. The molecule has 110 valence electrons. The van der Waals surface area contributed by atoms with Crippen molar-refractivity contribution in [2.75, 3.05) is 13.2 Å². The third-order valence-corrected chi connectivity index (χ3v) is 4.84. The SMILES string of the molecule is O=C(Cc1ccc(Br)s1)NC(C(=O)O)C1CCCOC1. The van der Waals surface area contributed by atoms with Gasteiger partial charge in [0.25, 0.3) is 0 Å². The number of carbonyl (C=O) groups is 2. The topological polar surface area (TPSA) is 75.6 Å². The van der Waals surface area contributed by atoms with E-state index in [0.717, 1.165) is 21.5 Å². The van der Waals surface area contributed by atoms with Crippen molar-refractivity contribution in [1.29, 1.82) is 0 Å². The summed E-state index contributed by atoms with van der Waals surface area (Å²) in [6.07, 6.45) is 1.80. The van der Waals surface area contributed by atoms with Crippen molar-refractivity contribution >= 4 is 39.1 Å². The molecule has 2 N–H and O–H groups in total. The lowest BCUT2D eigenvalue weighted by Crippen LogP contribution is -2.48. The number of thiophene rings is 1. The number of hydrogen-bond acceptors (Lipinski definition) is 4. The average molecular weight is 362 g/mol. The molecule has 1 saturated heterocycles. The fraction of sp³-hybridized carbons (Fsp3) is 0.538. The summed E-state index contributed by atoms with van der Waals surface area (Å²) in [7, 11) is 0. The van der Waals surface area contributed by atoms with E-state index >= 15 is 0 Å². The summed E-state index contributed by atoms with van der Waals surface area (Å²) >= 11 is 4.81. The van der Waals surface area contributed by atoms with Crippen molar-refractivity contribution in [3.05, 3.63) is 20.8 Å². The summed E-state index contributed by atoms with van der Waals surface area (Å²) in [5.41, 5.74) is 0. The Hall–Kier alpha value is -0.920. The van der Waals surface area contributed by atoms with Crippen LogP contribution in [0.15, 0.2) is 15.9 Å². The Morgan fingerprint density at radius 1 is 1.55 bits per heavy atom. The van der Waals surface area contributed by atoms with Crippen molar-refractivity contribution < 1.29 is 19.4 Å². The minimum atomic E-state index is -0.999. The van der Waals surface area contributed by atoms with Gasteiger partial charge in [-0.05, 0) is 40.9 Å². The van der Waals surface area contributed by atoms with Crippen LogP contribution in [0.3, 0.4) is 0 Å². The van der Waals surface area contributed by atoms with Crippen LogP contribution in [0, 0.1) is 5.92 Å². The molecule has 0 saturated carbocycles. The standard InChI is InChI=1S/C13H16BrNO4S/c14-10-4-3-9(20-10)6-11(16)15-12(13(17)18)8-2-1-5-19-7-8/h3-4,8,12H,1-2,5-7H2,(H,15,16)(H,17,18). The summed E-state index contributed by atoms with van der Waals surface area (Å²) in [4.78, 5) is 24.2. The van der Waals surface area contributed by atoms with Gasteiger partial charge in [-0.1, -0.05) is 0 Å². The van der Waals surface area contributed by atoms with Gasteiger partial charge in [0, 0.05) is 17.4 Å². The molecular weight excluding hydrogens is 346 g/mol. The van der Waals surface area contributed by atoms with E-state index in [0.29, 0.717) is 13.2 Å². The van der Waals surface area contributed by atoms with Crippen LogP contribution in [0.5, 0.6) is 0 Å². The summed E-state index contributed by atoms with van der Waals surface area (Å²) in [5.74, 6) is -1.42. The molecule has 0 aromatic carbocycles. The van der Waals surface area contributed by atoms with Gasteiger partial charge in [0.1, 0.15) is 6.04 Å². The molecule has 20 heavy (non-hydrogen) atoms. The van der Waals surface area contributed by atoms with E-state index in [4.69, 9.17) is 4.74 Å². The van der Waals surface area contributed by atoms with Gasteiger partial charge in [0.05, 0.1) is 16.8 Å². The van der Waals surface area contributed by atoms with Crippen molar-refractivity contribution in [2.24, 2.45) is 5.92 Å². The number of carboxylic acids is 1. The van der Waals surface area contributed by atoms with Gasteiger partial charge in [-0.25, -0.2) is 4.79 Å². The maximum absolute atomic E-state index is 12.0. The molecule has 1 aliphatic heterocycles. The highest BCUT2D eigenvalue weighted by atomic mass is 79.9. The van der Waals surface area contributed by atoms with E-state index < -0.39 is 12.0 Å². The van der Waals surface area contributed by atoms with Crippen LogP contribution < -0.4 is 5.32 Å². The Balaban J connectivity index is 1.93. The van der Waals surface area contributed by atoms with Crippen LogP contribution in [0.1, 0.15) is 17.7 Å². The van der Waals surface area contributed by atoms with E-state index in [1.807, 2.05) is 12.1 Å². The summed E-state index contributed by atoms with van der Waals surface area (Å²) in [6, 6.07) is 2.86. The number of carboxylic acid groups (broad SMARTS) is 1. The molecule has 0 bridgehead atoms. The van der Waals surface area contributed by atoms with Crippen LogP contribution in [-0.4, -0.2) is 36.2 Å². The second-order valence-corrected chi connectivity index (χ2v) is 7.29. The van der Waals surface area contributed by atoms with E-state index in [1.165, 1.54) is 11.3 Å². The Labute approximate surface area is 129 Å². The maximum atomic E-state index is 12.0. The van der Waals surface area contributed by atoms with Crippen LogP contribution in [0.25, 0.3) is 0 Å². The first kappa shape index (κ1) is 15.5. The van der Waals surface area contributed by atoms with Gasteiger partial charge in [0.2, 0.25) is 5.91 Å². The van der Waals surface area contributed by atoms with Crippen molar-refractivity contribution in [3.63, 3.8) is 0 Å². The zero-order valence-electron chi connectivity index (χ0n) is 10.8. The number of halogens is 1. The maximum Gasteiger partial charge on any atom is 0.326 e. The van der Waals surface area contributed by atoms with Gasteiger partial charge in [-0.2, -0.15) is 0 Å². The first-order chi connectivity index (χ1) is 9.56. The summed E-state index contributed by atoms with van der Waals surface area (Å²) < 4.78 is 6.25. The molecule has 7 heteroatoms. The minimum Gasteiger partial charge on any atom is -0.480 e. The molecule has 0 aliphatic carbocycles. The van der Waals surface area contributed by atoms with Crippen LogP contribution >= 0.6 is 27.3 Å². The number of ether oxygens (including phenoxy) is 1. The van der Waals surface area contributed by atoms with Gasteiger partial charge < -0.3 is 15.2 Å². The van der Waals surface area contributed by atoms with E-state index in [9.17, 15) is 14.7 Å². The minimum absolute atomic E-state index is 0.153. The Morgan fingerprint density at radius 3 is 2.90 bits per heavy atom. The smallest absolute Gasteiger partial charge is 0.326 e. The fourth-order valence-corrected chi connectivity index (χ4v) is 3.72. The molecule has 0 radical (unpaired) electrons. The molecule has 5 nitrogen and oxygen atoms in total. The predicted octanol–water partition coefficient (Wildman–Crippen LogP) is 2.05. The van der Waals surface area contributed by atoms with Crippen molar-refractivity contribution in [3.8, 4) is 0 Å². The second kappa shape index (κ2) is 7.19. The Bertz CT molecular complexity index is 484. The van der Waals surface area contributed by atoms with E-state index in [1.54, 1.807) is 0 Å². The quantitative estimate of drug-likeness (QED) is 0.841. The van der Waals surface area contributed by atoms with Gasteiger partial charge >= 0.3 is 5.97 Å². The normalized spacial score (nSPS) is 20.4. The van der Waals surface area contributed by atoms with Crippen LogP contribution in [-0.2, 0) is 20.7 Å². The predicted molar refractivity (Wildman–Crippen MR) is 78.8 cm³/mol. The lowest BCUT2D eigenvalue weighted by Gasteiger charge is -2.28. The third kappa shape index (κ3) is 4.29. The van der Waals surface area contributed by atoms with Crippen LogP contribution in [0.4, 0.5) is 0 Å². The number of hydrogen-bond donors (Lipinski definition) is 2. The average Bonchev–Trinajstić information content (AvgIpc) is 2.82. The zero-order chi connectivity index (χ0) is 14.5. The highest BCUT2D eigenvalue weighted by molar-refractivity contribution is 9.11. The molecule has 0 spiro atoms. The first-order valence-electron chi connectivity index (χ1n) is 6.40. The van der Waals surface area contributed by atoms with Crippen molar-refractivity contribution in [1.82, 2.24) is 5.32 Å². The first-order valence-corrected chi connectivity index (χ1v) is 8.01. The lowest BCUT2D eigenvalue weighted by molar-refractivity contribution is -0.145. The number of aliphatic carboxylic acids is 1. The highest BCUT2D eigenvalue weighted by Crippen LogP contribution is 2.23. The molecule has 1 amide bonds. The zero-order valence-corrected chi connectivity index (χ0v) is 13.2. The summed E-state index contributed by atoms with van der Waals surface area (Å²) in [5, 5.41) is 11.9. The van der Waals surface area contributed by atoms with Crippen molar-refractivity contribution in [2.45, 2.75) is 25.3 Å². The Morgan fingerprint density at radius 2 is 2.35 bits per heavy atom. The molecule has 2 unspecified atom stereocenters. The fourth-order valence-electron chi connectivity index (χ4n) is 2.24. The highest BCUT2D eigenvalue weighted by Gasteiger charge is 2.31. The summed E-state index contributed by atoms with van der Waals surface area (Å²) in [6.45, 7) is 1.06. The largest absolute Gasteiger partial charge is 0.480 e. The van der Waals surface area contributed by atoms with Gasteiger partial charge in [0.15, 0.2) is 0 Å². The van der Waals surface area contributed by atoms with Gasteiger partial charge in [-0.3, -0.25) is 4.79 Å². The molecule has 1 aliphatic rings. The van der Waals surface area contributed by atoms with Crippen LogP contribution in [0.2, 0.25) is 0 Å².